The van der Waals surface area contributed by atoms with Crippen molar-refractivity contribution in [3.05, 3.63) is 23.3 Å². The maximum atomic E-state index is 9.47. The molecule has 0 atom stereocenters. The summed E-state index contributed by atoms with van der Waals surface area (Å²) in [6.07, 6.45) is 0.954. The molecule has 3 heteroatoms. The SMILES string of the molecule is CC(C)CN1CCc2cc(O)c(O)cc2C1. The van der Waals surface area contributed by atoms with Gasteiger partial charge in [-0.1, -0.05) is 13.8 Å². The van der Waals surface area contributed by atoms with E-state index in [2.05, 4.69) is 18.7 Å². The highest BCUT2D eigenvalue weighted by molar-refractivity contribution is 5.46. The number of nitrogens with zero attached hydrogens (tertiary/aromatic N) is 1. The molecule has 0 aliphatic carbocycles. The van der Waals surface area contributed by atoms with Crippen LogP contribution in [0.5, 0.6) is 11.5 Å². The normalized spacial score (nSPS) is 16.4. The van der Waals surface area contributed by atoms with Crippen LogP contribution < -0.4 is 0 Å². The van der Waals surface area contributed by atoms with Crippen molar-refractivity contribution in [1.82, 2.24) is 4.90 Å². The predicted octanol–water partition coefficient (Wildman–Crippen LogP) is 2.11. The van der Waals surface area contributed by atoms with Crippen molar-refractivity contribution in [2.45, 2.75) is 26.8 Å². The lowest BCUT2D eigenvalue weighted by atomic mass is 9.98. The van der Waals surface area contributed by atoms with Crippen LogP contribution in [0.15, 0.2) is 12.1 Å². The van der Waals surface area contributed by atoms with Gasteiger partial charge in [-0.25, -0.2) is 0 Å². The van der Waals surface area contributed by atoms with Gasteiger partial charge in [-0.05, 0) is 35.6 Å². The minimum Gasteiger partial charge on any atom is -0.504 e. The molecule has 0 saturated heterocycles. The van der Waals surface area contributed by atoms with Crippen LogP contribution in [0.3, 0.4) is 0 Å². The minimum absolute atomic E-state index is 0.00365. The lowest BCUT2D eigenvalue weighted by molar-refractivity contribution is 0.225. The zero-order chi connectivity index (χ0) is 11.7. The Bertz CT molecular complexity index is 388. The molecular weight excluding hydrogens is 202 g/mol. The number of rotatable bonds is 2. The quantitative estimate of drug-likeness (QED) is 0.752. The van der Waals surface area contributed by atoms with E-state index in [0.717, 1.165) is 37.2 Å². The summed E-state index contributed by atoms with van der Waals surface area (Å²) >= 11 is 0. The van der Waals surface area contributed by atoms with Crippen molar-refractivity contribution in [2.75, 3.05) is 13.1 Å². The molecule has 2 N–H and O–H groups in total. The smallest absolute Gasteiger partial charge is 0.157 e. The maximum absolute atomic E-state index is 9.47. The van der Waals surface area contributed by atoms with Crippen LogP contribution in [0.4, 0.5) is 0 Å². The van der Waals surface area contributed by atoms with Crippen LogP contribution in [-0.4, -0.2) is 28.2 Å². The van der Waals surface area contributed by atoms with Crippen LogP contribution in [0.2, 0.25) is 0 Å². The van der Waals surface area contributed by atoms with Crippen molar-refractivity contribution in [3.8, 4) is 11.5 Å². The fraction of sp³-hybridized carbons (Fsp3) is 0.538. The third kappa shape index (κ3) is 2.30. The van der Waals surface area contributed by atoms with E-state index in [-0.39, 0.29) is 11.5 Å². The molecule has 3 nitrogen and oxygen atoms in total. The highest BCUT2D eigenvalue weighted by Crippen LogP contribution is 2.31. The van der Waals surface area contributed by atoms with Gasteiger partial charge in [0.1, 0.15) is 0 Å². The van der Waals surface area contributed by atoms with Crippen molar-refractivity contribution in [3.63, 3.8) is 0 Å². The molecule has 2 rings (SSSR count). The third-order valence-corrected chi connectivity index (χ3v) is 3.01. The topological polar surface area (TPSA) is 43.7 Å². The van der Waals surface area contributed by atoms with E-state index >= 15 is 0 Å². The molecule has 16 heavy (non-hydrogen) atoms. The van der Waals surface area contributed by atoms with Gasteiger partial charge in [0.2, 0.25) is 0 Å². The van der Waals surface area contributed by atoms with Crippen LogP contribution in [-0.2, 0) is 13.0 Å². The molecule has 1 aliphatic heterocycles. The molecule has 1 aliphatic rings. The van der Waals surface area contributed by atoms with E-state index in [1.807, 2.05) is 0 Å². The van der Waals surface area contributed by atoms with Gasteiger partial charge in [0.25, 0.3) is 0 Å². The Morgan fingerprint density at radius 3 is 2.44 bits per heavy atom. The second-order valence-corrected chi connectivity index (χ2v) is 4.99. The zero-order valence-electron chi connectivity index (χ0n) is 9.90. The van der Waals surface area contributed by atoms with Crippen molar-refractivity contribution >= 4 is 0 Å². The van der Waals surface area contributed by atoms with E-state index < -0.39 is 0 Å². The molecule has 0 unspecified atom stereocenters. The number of phenols is 2. The van der Waals surface area contributed by atoms with Crippen LogP contribution >= 0.6 is 0 Å². The molecule has 0 amide bonds. The standard InChI is InChI=1S/C13H19NO2/c1-9(2)7-14-4-3-10-5-12(15)13(16)6-11(10)8-14/h5-6,9,15-16H,3-4,7-8H2,1-2H3. The first kappa shape index (κ1) is 11.3. The number of phenolic OH excluding ortho intramolecular Hbond substituents is 2. The highest BCUT2D eigenvalue weighted by Gasteiger charge is 2.18. The average molecular weight is 221 g/mol. The summed E-state index contributed by atoms with van der Waals surface area (Å²) < 4.78 is 0. The molecule has 88 valence electrons. The van der Waals surface area contributed by atoms with Gasteiger partial charge >= 0.3 is 0 Å². The number of aromatic hydroxyl groups is 2. The van der Waals surface area contributed by atoms with Crippen molar-refractivity contribution < 1.29 is 10.2 Å². The van der Waals surface area contributed by atoms with Crippen molar-refractivity contribution in [1.29, 1.82) is 0 Å². The molecule has 0 radical (unpaired) electrons. The van der Waals surface area contributed by atoms with Crippen LogP contribution in [0, 0.1) is 5.92 Å². The first-order valence-electron chi connectivity index (χ1n) is 5.82. The zero-order valence-corrected chi connectivity index (χ0v) is 9.90. The van der Waals surface area contributed by atoms with Gasteiger partial charge in [0, 0.05) is 19.6 Å². The van der Waals surface area contributed by atoms with Gasteiger partial charge in [0.15, 0.2) is 11.5 Å². The molecular formula is C13H19NO2. The Kier molecular flexibility index (Phi) is 3.06. The molecule has 1 aromatic carbocycles. The summed E-state index contributed by atoms with van der Waals surface area (Å²) in [5, 5.41) is 18.9. The first-order chi connectivity index (χ1) is 7.56. The maximum Gasteiger partial charge on any atom is 0.157 e. The summed E-state index contributed by atoms with van der Waals surface area (Å²) in [4.78, 5) is 2.39. The lowest BCUT2D eigenvalue weighted by Crippen LogP contribution is -2.33. The predicted molar refractivity (Wildman–Crippen MR) is 63.6 cm³/mol. The molecule has 0 aromatic heterocycles. The summed E-state index contributed by atoms with van der Waals surface area (Å²) in [5.74, 6) is 0.647. The number of fused-ring (bicyclic) bond motifs is 1. The molecule has 1 heterocycles. The fourth-order valence-corrected chi connectivity index (χ4v) is 2.31. The highest BCUT2D eigenvalue weighted by atomic mass is 16.3. The average Bonchev–Trinajstić information content (AvgIpc) is 2.19. The van der Waals surface area contributed by atoms with Gasteiger partial charge in [-0.15, -0.1) is 0 Å². The van der Waals surface area contributed by atoms with Crippen LogP contribution in [0.1, 0.15) is 25.0 Å². The van der Waals surface area contributed by atoms with E-state index in [1.54, 1.807) is 12.1 Å². The lowest BCUT2D eigenvalue weighted by Gasteiger charge is -2.30. The van der Waals surface area contributed by atoms with Gasteiger partial charge in [-0.2, -0.15) is 0 Å². The van der Waals surface area contributed by atoms with E-state index in [1.165, 1.54) is 0 Å². The number of benzene rings is 1. The monoisotopic (exact) mass is 221 g/mol. The molecule has 0 bridgehead atoms. The Morgan fingerprint density at radius 1 is 1.19 bits per heavy atom. The molecule has 0 spiro atoms. The van der Waals surface area contributed by atoms with Crippen LogP contribution in [0.25, 0.3) is 0 Å². The fourth-order valence-electron chi connectivity index (χ4n) is 2.31. The van der Waals surface area contributed by atoms with Gasteiger partial charge < -0.3 is 10.2 Å². The van der Waals surface area contributed by atoms with Gasteiger partial charge in [0.05, 0.1) is 0 Å². The largest absolute Gasteiger partial charge is 0.504 e. The van der Waals surface area contributed by atoms with Gasteiger partial charge in [-0.3, -0.25) is 4.90 Å². The number of hydrogen-bond donors (Lipinski definition) is 2. The van der Waals surface area contributed by atoms with E-state index in [0.29, 0.717) is 5.92 Å². The second kappa shape index (κ2) is 4.34. The molecule has 1 aromatic rings. The third-order valence-electron chi connectivity index (χ3n) is 3.01. The van der Waals surface area contributed by atoms with E-state index in [4.69, 9.17) is 0 Å². The Labute approximate surface area is 96.3 Å². The first-order valence-corrected chi connectivity index (χ1v) is 5.82. The molecule has 0 saturated carbocycles. The second-order valence-electron chi connectivity index (χ2n) is 4.99. The number of hydrogen-bond acceptors (Lipinski definition) is 3. The molecule has 0 fully saturated rings. The van der Waals surface area contributed by atoms with E-state index in [9.17, 15) is 10.2 Å². The summed E-state index contributed by atoms with van der Waals surface area (Å²) in [5.41, 5.74) is 2.30. The summed E-state index contributed by atoms with van der Waals surface area (Å²) in [6.45, 7) is 7.42. The Balaban J connectivity index is 2.17. The van der Waals surface area contributed by atoms with Crippen molar-refractivity contribution in [2.24, 2.45) is 5.92 Å². The Morgan fingerprint density at radius 2 is 1.81 bits per heavy atom. The minimum atomic E-state index is -0.00912. The summed E-state index contributed by atoms with van der Waals surface area (Å²) in [7, 11) is 0. The summed E-state index contributed by atoms with van der Waals surface area (Å²) in [6, 6.07) is 3.38. The Hall–Kier alpha value is -1.22.